The smallest absolute Gasteiger partial charge is 0.408 e. The van der Waals surface area contributed by atoms with Crippen molar-refractivity contribution in [3.8, 4) is 0 Å². The average molecular weight is 201 g/mol. The van der Waals surface area contributed by atoms with Gasteiger partial charge in [0.1, 0.15) is 5.60 Å². The van der Waals surface area contributed by atoms with Gasteiger partial charge in [-0.15, -0.1) is 0 Å². The van der Waals surface area contributed by atoms with E-state index >= 15 is 0 Å². The molecule has 0 unspecified atom stereocenters. The topological polar surface area (TPSA) is 47.6 Å². The third kappa shape index (κ3) is 7.46. The Morgan fingerprint density at radius 1 is 1.43 bits per heavy atom. The molecular formula is C10H19NO3. The summed E-state index contributed by atoms with van der Waals surface area (Å²) in [6.07, 6.45) is 2.82. The molecule has 0 rings (SSSR count). The minimum absolute atomic E-state index is 0.107. The molecule has 0 aliphatic heterocycles. The minimum Gasteiger partial charge on any atom is -0.505 e. The minimum atomic E-state index is -0.464. The van der Waals surface area contributed by atoms with Crippen LogP contribution in [-0.4, -0.2) is 24.8 Å². The third-order valence-electron chi connectivity index (χ3n) is 1.25. The number of carbonyl (C=O) groups excluding carboxylic acids is 1. The Hall–Kier alpha value is -1.19. The number of nitrogens with one attached hydrogen (secondary N) is 1. The van der Waals surface area contributed by atoms with Gasteiger partial charge in [0.2, 0.25) is 0 Å². The molecule has 0 aliphatic rings. The van der Waals surface area contributed by atoms with Crippen LogP contribution in [0.4, 0.5) is 4.79 Å². The Morgan fingerprint density at radius 2 is 2.00 bits per heavy atom. The number of alkyl carbamates (subject to hydrolysis) is 1. The van der Waals surface area contributed by atoms with E-state index in [-0.39, 0.29) is 6.04 Å². The number of carbonyl (C=O) groups is 1. The SMILES string of the molecule is CO/C=C/[C@H](C)NC(=O)OC(C)(C)C. The zero-order chi connectivity index (χ0) is 11.2. The summed E-state index contributed by atoms with van der Waals surface area (Å²) in [6.45, 7) is 7.30. The predicted molar refractivity (Wildman–Crippen MR) is 55.0 cm³/mol. The second-order valence-corrected chi connectivity index (χ2v) is 4.00. The molecule has 0 aromatic heterocycles. The summed E-state index contributed by atoms with van der Waals surface area (Å²) in [4.78, 5) is 11.2. The maximum atomic E-state index is 11.2. The van der Waals surface area contributed by atoms with Gasteiger partial charge in [-0.1, -0.05) is 0 Å². The van der Waals surface area contributed by atoms with Crippen molar-refractivity contribution >= 4 is 6.09 Å². The lowest BCUT2D eigenvalue weighted by molar-refractivity contribution is 0.0517. The molecule has 4 nitrogen and oxygen atoms in total. The van der Waals surface area contributed by atoms with E-state index in [4.69, 9.17) is 9.47 Å². The number of amides is 1. The summed E-state index contributed by atoms with van der Waals surface area (Å²) in [5, 5.41) is 2.64. The summed E-state index contributed by atoms with van der Waals surface area (Å²) >= 11 is 0. The zero-order valence-corrected chi connectivity index (χ0v) is 9.46. The molecule has 0 aromatic carbocycles. The van der Waals surface area contributed by atoms with Crippen LogP contribution in [0.2, 0.25) is 0 Å². The largest absolute Gasteiger partial charge is 0.505 e. The normalized spacial score (nSPS) is 13.8. The molecule has 0 bridgehead atoms. The van der Waals surface area contributed by atoms with Crippen molar-refractivity contribution in [3.05, 3.63) is 12.3 Å². The van der Waals surface area contributed by atoms with Gasteiger partial charge in [-0.05, 0) is 33.8 Å². The van der Waals surface area contributed by atoms with Crippen molar-refractivity contribution < 1.29 is 14.3 Å². The molecule has 0 heterocycles. The quantitative estimate of drug-likeness (QED) is 0.711. The van der Waals surface area contributed by atoms with E-state index < -0.39 is 11.7 Å². The van der Waals surface area contributed by atoms with Crippen molar-refractivity contribution in [2.45, 2.75) is 39.3 Å². The van der Waals surface area contributed by atoms with Crippen LogP contribution in [-0.2, 0) is 9.47 Å². The standard InChI is InChI=1S/C10H19NO3/c1-8(6-7-13-5)11-9(12)14-10(2,3)4/h6-8H,1-5H3,(H,11,12)/b7-6+/t8-/m0/s1. The van der Waals surface area contributed by atoms with Crippen LogP contribution in [0.25, 0.3) is 0 Å². The second kappa shape index (κ2) is 5.52. The molecule has 82 valence electrons. The van der Waals surface area contributed by atoms with Crippen LogP contribution in [0, 0.1) is 0 Å². The third-order valence-corrected chi connectivity index (χ3v) is 1.25. The van der Waals surface area contributed by atoms with E-state index in [0.717, 1.165) is 0 Å². The van der Waals surface area contributed by atoms with Crippen molar-refractivity contribution in [1.82, 2.24) is 5.32 Å². The van der Waals surface area contributed by atoms with E-state index in [9.17, 15) is 4.79 Å². The van der Waals surface area contributed by atoms with Crippen LogP contribution in [0.5, 0.6) is 0 Å². The molecule has 0 radical (unpaired) electrons. The number of ether oxygens (including phenoxy) is 2. The number of methoxy groups -OCH3 is 1. The first-order valence-electron chi connectivity index (χ1n) is 4.54. The van der Waals surface area contributed by atoms with Gasteiger partial charge in [0.25, 0.3) is 0 Å². The van der Waals surface area contributed by atoms with Gasteiger partial charge in [0.05, 0.1) is 19.4 Å². The molecule has 1 atom stereocenters. The molecular weight excluding hydrogens is 182 g/mol. The highest BCUT2D eigenvalue weighted by Gasteiger charge is 2.16. The highest BCUT2D eigenvalue weighted by Crippen LogP contribution is 2.06. The van der Waals surface area contributed by atoms with Crippen LogP contribution >= 0.6 is 0 Å². The maximum absolute atomic E-state index is 11.2. The fourth-order valence-corrected chi connectivity index (χ4v) is 0.738. The van der Waals surface area contributed by atoms with Crippen molar-refractivity contribution in [2.75, 3.05) is 7.11 Å². The first kappa shape index (κ1) is 12.8. The molecule has 0 fully saturated rings. The molecule has 4 heteroatoms. The van der Waals surface area contributed by atoms with Crippen LogP contribution < -0.4 is 5.32 Å². The van der Waals surface area contributed by atoms with Gasteiger partial charge >= 0.3 is 6.09 Å². The molecule has 0 saturated heterocycles. The lowest BCUT2D eigenvalue weighted by Gasteiger charge is -2.20. The molecule has 0 saturated carbocycles. The number of hydrogen-bond acceptors (Lipinski definition) is 3. The predicted octanol–water partition coefficient (Wildman–Crippen LogP) is 2.06. The highest BCUT2D eigenvalue weighted by atomic mass is 16.6. The molecule has 14 heavy (non-hydrogen) atoms. The van der Waals surface area contributed by atoms with E-state index in [1.54, 1.807) is 13.2 Å². The molecule has 0 aliphatic carbocycles. The van der Waals surface area contributed by atoms with Crippen LogP contribution in [0.15, 0.2) is 12.3 Å². The summed E-state index contributed by atoms with van der Waals surface area (Å²) in [5.74, 6) is 0. The summed E-state index contributed by atoms with van der Waals surface area (Å²) in [6, 6.07) is -0.107. The van der Waals surface area contributed by atoms with E-state index in [0.29, 0.717) is 0 Å². The van der Waals surface area contributed by atoms with Gasteiger partial charge < -0.3 is 14.8 Å². The fourth-order valence-electron chi connectivity index (χ4n) is 0.738. The first-order valence-corrected chi connectivity index (χ1v) is 4.54. The van der Waals surface area contributed by atoms with E-state index in [1.807, 2.05) is 27.7 Å². The first-order chi connectivity index (χ1) is 6.35. The van der Waals surface area contributed by atoms with E-state index in [1.165, 1.54) is 6.26 Å². The van der Waals surface area contributed by atoms with Crippen LogP contribution in [0.1, 0.15) is 27.7 Å². The maximum Gasteiger partial charge on any atom is 0.408 e. The Balaban J connectivity index is 3.89. The Bertz CT molecular complexity index is 206. The monoisotopic (exact) mass is 201 g/mol. The number of rotatable bonds is 3. The Labute approximate surface area is 85.3 Å². The summed E-state index contributed by atoms with van der Waals surface area (Å²) < 4.78 is 9.79. The van der Waals surface area contributed by atoms with Crippen molar-refractivity contribution in [2.24, 2.45) is 0 Å². The number of hydrogen-bond donors (Lipinski definition) is 1. The molecule has 1 N–H and O–H groups in total. The Morgan fingerprint density at radius 3 is 2.43 bits per heavy atom. The van der Waals surface area contributed by atoms with Gasteiger partial charge in [-0.25, -0.2) is 4.79 Å². The van der Waals surface area contributed by atoms with Crippen LogP contribution in [0.3, 0.4) is 0 Å². The Kier molecular flexibility index (Phi) is 5.05. The summed E-state index contributed by atoms with van der Waals surface area (Å²) in [7, 11) is 1.55. The van der Waals surface area contributed by atoms with Gasteiger partial charge in [-0.3, -0.25) is 0 Å². The molecule has 1 amide bonds. The molecule has 0 spiro atoms. The molecule has 0 aromatic rings. The van der Waals surface area contributed by atoms with Crippen molar-refractivity contribution in [3.63, 3.8) is 0 Å². The lowest BCUT2D eigenvalue weighted by Crippen LogP contribution is -2.36. The highest BCUT2D eigenvalue weighted by molar-refractivity contribution is 5.68. The van der Waals surface area contributed by atoms with Crippen molar-refractivity contribution in [1.29, 1.82) is 0 Å². The van der Waals surface area contributed by atoms with E-state index in [2.05, 4.69) is 5.32 Å². The zero-order valence-electron chi connectivity index (χ0n) is 9.46. The lowest BCUT2D eigenvalue weighted by atomic mass is 10.2. The summed E-state index contributed by atoms with van der Waals surface area (Å²) in [5.41, 5.74) is -0.464. The van der Waals surface area contributed by atoms with Gasteiger partial charge in [0, 0.05) is 0 Å². The average Bonchev–Trinajstić information content (AvgIpc) is 1.96. The van der Waals surface area contributed by atoms with Gasteiger partial charge in [0.15, 0.2) is 0 Å². The van der Waals surface area contributed by atoms with Gasteiger partial charge in [-0.2, -0.15) is 0 Å². The second-order valence-electron chi connectivity index (χ2n) is 4.00. The fraction of sp³-hybridized carbons (Fsp3) is 0.700.